The molecule has 0 spiro atoms. The molecule has 8 heteroatoms. The molecule has 1 aliphatic heterocycles. The quantitative estimate of drug-likeness (QED) is 0.656. The van der Waals surface area contributed by atoms with Gasteiger partial charge in [-0.2, -0.15) is 5.10 Å². The third-order valence-electron chi connectivity index (χ3n) is 4.89. The number of aromatic nitrogens is 5. The number of hydrogen-bond acceptors (Lipinski definition) is 6. The Bertz CT molecular complexity index is 996. The maximum Gasteiger partial charge on any atom is 0.266 e. The Balaban J connectivity index is 1.36. The molecule has 1 saturated heterocycles. The Morgan fingerprint density at radius 2 is 1.93 bits per heavy atom. The molecule has 0 bridgehead atoms. The summed E-state index contributed by atoms with van der Waals surface area (Å²) in [4.78, 5) is 14.6. The SMILES string of the molecule is Cc1cc(CCN2CC(Cn3nc(-n4nc(C)cc4C)ccc3=O)C2)on1. The van der Waals surface area contributed by atoms with E-state index in [1.807, 2.05) is 32.9 Å². The lowest BCUT2D eigenvalue weighted by Gasteiger charge is -2.39. The zero-order valence-electron chi connectivity index (χ0n) is 15.9. The Kier molecular flexibility index (Phi) is 4.65. The van der Waals surface area contributed by atoms with Crippen molar-refractivity contribution in [2.45, 2.75) is 33.7 Å². The fraction of sp³-hybridized carbons (Fsp3) is 0.474. The molecule has 0 N–H and O–H groups in total. The van der Waals surface area contributed by atoms with Gasteiger partial charge in [0.1, 0.15) is 5.76 Å². The number of aryl methyl sites for hydroxylation is 3. The number of rotatable bonds is 6. The van der Waals surface area contributed by atoms with Gasteiger partial charge in [-0.3, -0.25) is 4.79 Å². The Morgan fingerprint density at radius 3 is 2.59 bits per heavy atom. The molecule has 1 fully saturated rings. The molecular formula is C19H24N6O2. The van der Waals surface area contributed by atoms with Crippen LogP contribution >= 0.6 is 0 Å². The van der Waals surface area contributed by atoms with Crippen molar-refractivity contribution in [3.8, 4) is 5.82 Å². The van der Waals surface area contributed by atoms with Crippen molar-refractivity contribution in [2.75, 3.05) is 19.6 Å². The van der Waals surface area contributed by atoms with Crippen LogP contribution in [0.3, 0.4) is 0 Å². The summed E-state index contributed by atoms with van der Waals surface area (Å²) in [5.74, 6) is 2.03. The van der Waals surface area contributed by atoms with Gasteiger partial charge in [-0.25, -0.2) is 9.36 Å². The van der Waals surface area contributed by atoms with E-state index in [4.69, 9.17) is 4.52 Å². The third kappa shape index (κ3) is 3.85. The van der Waals surface area contributed by atoms with Gasteiger partial charge in [0.2, 0.25) is 0 Å². The lowest BCUT2D eigenvalue weighted by atomic mass is 10.00. The second-order valence-electron chi connectivity index (χ2n) is 7.36. The van der Waals surface area contributed by atoms with Gasteiger partial charge in [0.05, 0.1) is 17.9 Å². The summed E-state index contributed by atoms with van der Waals surface area (Å²) in [6.45, 7) is 9.36. The molecule has 1 aliphatic rings. The maximum absolute atomic E-state index is 12.2. The first kappa shape index (κ1) is 17.7. The molecule has 0 aromatic carbocycles. The van der Waals surface area contributed by atoms with Crippen LogP contribution in [-0.4, -0.2) is 49.3 Å². The largest absolute Gasteiger partial charge is 0.361 e. The van der Waals surface area contributed by atoms with Gasteiger partial charge < -0.3 is 9.42 Å². The highest BCUT2D eigenvalue weighted by atomic mass is 16.5. The predicted molar refractivity (Wildman–Crippen MR) is 100.0 cm³/mol. The molecule has 0 unspecified atom stereocenters. The van der Waals surface area contributed by atoms with E-state index in [1.165, 1.54) is 0 Å². The summed E-state index contributed by atoms with van der Waals surface area (Å²) in [7, 11) is 0. The molecule has 142 valence electrons. The fourth-order valence-electron chi connectivity index (χ4n) is 3.56. The van der Waals surface area contributed by atoms with E-state index in [1.54, 1.807) is 21.5 Å². The van der Waals surface area contributed by atoms with Crippen LogP contribution in [0.4, 0.5) is 0 Å². The van der Waals surface area contributed by atoms with E-state index >= 15 is 0 Å². The molecule has 0 atom stereocenters. The predicted octanol–water partition coefficient (Wildman–Crippen LogP) is 1.52. The van der Waals surface area contributed by atoms with Crippen LogP contribution in [0.15, 0.2) is 33.6 Å². The average molecular weight is 368 g/mol. The van der Waals surface area contributed by atoms with Crippen LogP contribution in [0.25, 0.3) is 5.82 Å². The van der Waals surface area contributed by atoms with Gasteiger partial charge in [0.25, 0.3) is 5.56 Å². The number of nitrogens with zero attached hydrogens (tertiary/aromatic N) is 6. The molecule has 3 aromatic rings. The second kappa shape index (κ2) is 7.11. The molecule has 3 aromatic heterocycles. The minimum atomic E-state index is -0.0733. The first-order valence-electron chi connectivity index (χ1n) is 9.24. The first-order chi connectivity index (χ1) is 13.0. The minimum Gasteiger partial charge on any atom is -0.361 e. The van der Waals surface area contributed by atoms with E-state index in [0.29, 0.717) is 18.3 Å². The summed E-state index contributed by atoms with van der Waals surface area (Å²) in [6, 6.07) is 7.27. The molecule has 8 nitrogen and oxygen atoms in total. The van der Waals surface area contributed by atoms with Crippen molar-refractivity contribution in [3.05, 3.63) is 57.5 Å². The van der Waals surface area contributed by atoms with Crippen molar-refractivity contribution in [1.29, 1.82) is 0 Å². The van der Waals surface area contributed by atoms with Crippen LogP contribution in [0, 0.1) is 26.7 Å². The van der Waals surface area contributed by atoms with Gasteiger partial charge in [-0.05, 0) is 32.9 Å². The number of likely N-dealkylation sites (tertiary alicyclic amines) is 1. The molecule has 4 heterocycles. The molecular weight excluding hydrogens is 344 g/mol. The zero-order valence-corrected chi connectivity index (χ0v) is 15.9. The summed E-state index contributed by atoms with van der Waals surface area (Å²) < 4.78 is 8.59. The highest BCUT2D eigenvalue weighted by Crippen LogP contribution is 2.18. The average Bonchev–Trinajstić information content (AvgIpc) is 3.16. The third-order valence-corrected chi connectivity index (χ3v) is 4.89. The summed E-state index contributed by atoms with van der Waals surface area (Å²) in [5.41, 5.74) is 2.78. The van der Waals surface area contributed by atoms with Crippen molar-refractivity contribution in [1.82, 2.24) is 29.6 Å². The zero-order chi connectivity index (χ0) is 19.0. The Hall–Kier alpha value is -2.74. The number of hydrogen-bond donors (Lipinski definition) is 0. The van der Waals surface area contributed by atoms with E-state index in [9.17, 15) is 4.79 Å². The van der Waals surface area contributed by atoms with Gasteiger partial charge in [-0.1, -0.05) is 5.16 Å². The van der Waals surface area contributed by atoms with E-state index in [0.717, 1.165) is 48.9 Å². The van der Waals surface area contributed by atoms with Crippen LogP contribution in [0.2, 0.25) is 0 Å². The highest BCUT2D eigenvalue weighted by Gasteiger charge is 2.27. The standard InChI is InChI=1S/C19H24N6O2/c1-13-8-15(3)25(20-13)18-4-5-19(26)24(21-18)12-16-10-23(11-16)7-6-17-9-14(2)22-27-17/h4-5,8-9,16H,6-7,10-12H2,1-3H3. The molecule has 0 radical (unpaired) electrons. The molecule has 27 heavy (non-hydrogen) atoms. The second-order valence-corrected chi connectivity index (χ2v) is 7.36. The van der Waals surface area contributed by atoms with Crippen molar-refractivity contribution < 1.29 is 4.52 Å². The fourth-order valence-corrected chi connectivity index (χ4v) is 3.56. The van der Waals surface area contributed by atoms with E-state index in [2.05, 4.69) is 20.3 Å². The van der Waals surface area contributed by atoms with E-state index < -0.39 is 0 Å². The van der Waals surface area contributed by atoms with E-state index in [-0.39, 0.29) is 5.56 Å². The van der Waals surface area contributed by atoms with Gasteiger partial charge >= 0.3 is 0 Å². The lowest BCUT2D eigenvalue weighted by Crippen LogP contribution is -2.50. The summed E-state index contributed by atoms with van der Waals surface area (Å²) >= 11 is 0. The van der Waals surface area contributed by atoms with Crippen molar-refractivity contribution in [2.24, 2.45) is 5.92 Å². The van der Waals surface area contributed by atoms with Gasteiger partial charge in [-0.15, -0.1) is 5.10 Å². The van der Waals surface area contributed by atoms with Crippen LogP contribution < -0.4 is 5.56 Å². The van der Waals surface area contributed by atoms with Crippen LogP contribution in [0.5, 0.6) is 0 Å². The minimum absolute atomic E-state index is 0.0733. The molecule has 0 saturated carbocycles. The van der Waals surface area contributed by atoms with Crippen LogP contribution in [0.1, 0.15) is 22.8 Å². The normalized spacial score (nSPS) is 15.2. The first-order valence-corrected chi connectivity index (χ1v) is 9.24. The summed E-state index contributed by atoms with van der Waals surface area (Å²) in [6.07, 6.45) is 0.860. The van der Waals surface area contributed by atoms with Gasteiger partial charge in [0.15, 0.2) is 5.82 Å². The lowest BCUT2D eigenvalue weighted by molar-refractivity contribution is 0.0835. The monoisotopic (exact) mass is 368 g/mol. The highest BCUT2D eigenvalue weighted by molar-refractivity contribution is 5.23. The van der Waals surface area contributed by atoms with Crippen molar-refractivity contribution in [3.63, 3.8) is 0 Å². The molecule has 4 rings (SSSR count). The Labute approximate surface area is 157 Å². The summed E-state index contributed by atoms with van der Waals surface area (Å²) in [5, 5.41) is 12.9. The molecule has 0 aliphatic carbocycles. The maximum atomic E-state index is 12.2. The molecule has 0 amide bonds. The van der Waals surface area contributed by atoms with Crippen molar-refractivity contribution >= 4 is 0 Å². The topological polar surface area (TPSA) is 82.0 Å². The Morgan fingerprint density at radius 1 is 1.11 bits per heavy atom. The van der Waals surface area contributed by atoms with Crippen LogP contribution in [-0.2, 0) is 13.0 Å². The smallest absolute Gasteiger partial charge is 0.266 e. The van der Waals surface area contributed by atoms with Gasteiger partial charge in [0, 0.05) is 49.8 Å².